The number of benzene rings is 1. The van der Waals surface area contributed by atoms with Crippen LogP contribution >= 0.6 is 0 Å². The molecule has 0 heterocycles. The van der Waals surface area contributed by atoms with Gasteiger partial charge < -0.3 is 0 Å². The van der Waals surface area contributed by atoms with E-state index in [1.54, 1.807) is 24.3 Å². The molecule has 5 heteroatoms. The third-order valence-corrected chi connectivity index (χ3v) is 2.98. The number of sulfonamides is 1. The molecular formula is C9H12NO3S. The van der Waals surface area contributed by atoms with Gasteiger partial charge >= 0.3 is 0 Å². The van der Waals surface area contributed by atoms with Crippen molar-refractivity contribution in [3.63, 3.8) is 0 Å². The van der Waals surface area contributed by atoms with E-state index in [9.17, 15) is 13.5 Å². The highest BCUT2D eigenvalue weighted by Gasteiger charge is 2.09. The Labute approximate surface area is 83.6 Å². The maximum atomic E-state index is 11.3. The molecule has 0 saturated carbocycles. The van der Waals surface area contributed by atoms with Crippen LogP contribution in [0.3, 0.4) is 0 Å². The summed E-state index contributed by atoms with van der Waals surface area (Å²) >= 11 is 0. The van der Waals surface area contributed by atoms with Crippen LogP contribution in [-0.2, 0) is 20.9 Å². The van der Waals surface area contributed by atoms with Crippen LogP contribution in [0.25, 0.3) is 0 Å². The van der Waals surface area contributed by atoms with Gasteiger partial charge in [0, 0.05) is 6.54 Å². The molecule has 0 spiro atoms. The Bertz CT molecular complexity index is 361. The predicted molar refractivity (Wildman–Crippen MR) is 52.6 cm³/mol. The zero-order valence-corrected chi connectivity index (χ0v) is 8.46. The van der Waals surface area contributed by atoms with Gasteiger partial charge in [-0.2, -0.15) is 0 Å². The minimum absolute atomic E-state index is 0.0465. The first-order chi connectivity index (χ1) is 6.64. The molecule has 0 saturated heterocycles. The van der Waals surface area contributed by atoms with E-state index in [-0.39, 0.29) is 12.3 Å². The Balaban J connectivity index is 2.60. The molecule has 0 bridgehead atoms. The van der Waals surface area contributed by atoms with Gasteiger partial charge in [0.1, 0.15) is 0 Å². The van der Waals surface area contributed by atoms with E-state index in [0.29, 0.717) is 5.56 Å². The van der Waals surface area contributed by atoms with Crippen molar-refractivity contribution < 1.29 is 13.5 Å². The van der Waals surface area contributed by atoms with E-state index in [2.05, 4.69) is 4.72 Å². The lowest BCUT2D eigenvalue weighted by Crippen LogP contribution is -2.27. The highest BCUT2D eigenvalue weighted by Crippen LogP contribution is 2.03. The summed E-state index contributed by atoms with van der Waals surface area (Å²) in [5.41, 5.74) is 0.714. The van der Waals surface area contributed by atoms with Gasteiger partial charge in [-0.05, 0) is 5.56 Å². The smallest absolute Gasteiger partial charge is 0.215 e. The van der Waals surface area contributed by atoms with E-state index in [0.717, 1.165) is 0 Å². The van der Waals surface area contributed by atoms with E-state index < -0.39 is 16.6 Å². The van der Waals surface area contributed by atoms with E-state index in [1.807, 2.05) is 6.07 Å². The standard InChI is InChI=1S/C9H12NO3S/c11-7-6-10-14(12,13)8-9-4-2-1-3-5-9/h1-5,10H,6-8H2. The molecule has 0 aromatic heterocycles. The van der Waals surface area contributed by atoms with Gasteiger partial charge in [-0.25, -0.2) is 18.2 Å². The predicted octanol–water partition coefficient (Wildman–Crippen LogP) is 0.536. The van der Waals surface area contributed by atoms with Crippen LogP contribution in [0.2, 0.25) is 0 Å². The maximum Gasteiger partial charge on any atom is 0.215 e. The van der Waals surface area contributed by atoms with Crippen molar-refractivity contribution >= 4 is 10.0 Å². The van der Waals surface area contributed by atoms with Crippen LogP contribution < -0.4 is 4.72 Å². The SMILES string of the molecule is [O]CCNS(=O)(=O)Cc1ccccc1. The zero-order valence-electron chi connectivity index (χ0n) is 7.64. The maximum absolute atomic E-state index is 11.3. The van der Waals surface area contributed by atoms with Crippen LogP contribution in [0, 0.1) is 0 Å². The summed E-state index contributed by atoms with van der Waals surface area (Å²) in [5.74, 6) is -0.0756. The Morgan fingerprint density at radius 1 is 1.14 bits per heavy atom. The summed E-state index contributed by atoms with van der Waals surface area (Å²) < 4.78 is 24.8. The lowest BCUT2D eigenvalue weighted by Gasteiger charge is -2.04. The van der Waals surface area contributed by atoms with Gasteiger partial charge in [0.05, 0.1) is 12.4 Å². The fourth-order valence-corrected chi connectivity index (χ4v) is 2.17. The Morgan fingerprint density at radius 2 is 1.79 bits per heavy atom. The summed E-state index contributed by atoms with van der Waals surface area (Å²) in [7, 11) is -3.35. The van der Waals surface area contributed by atoms with Crippen LogP contribution in [-0.4, -0.2) is 21.6 Å². The van der Waals surface area contributed by atoms with Crippen molar-refractivity contribution in [3.8, 4) is 0 Å². The quantitative estimate of drug-likeness (QED) is 0.777. The first kappa shape index (κ1) is 11.2. The first-order valence-electron chi connectivity index (χ1n) is 4.23. The Kier molecular flexibility index (Phi) is 4.06. The minimum Gasteiger partial charge on any atom is -0.235 e. The van der Waals surface area contributed by atoms with Gasteiger partial charge in [0.25, 0.3) is 0 Å². The molecule has 1 aromatic rings. The second-order valence-corrected chi connectivity index (χ2v) is 4.65. The normalized spacial score (nSPS) is 11.5. The van der Waals surface area contributed by atoms with E-state index in [4.69, 9.17) is 0 Å². The van der Waals surface area contributed by atoms with Gasteiger partial charge in [0.15, 0.2) is 0 Å². The molecule has 0 aliphatic heterocycles. The van der Waals surface area contributed by atoms with Crippen LogP contribution in [0.5, 0.6) is 0 Å². The van der Waals surface area contributed by atoms with Gasteiger partial charge in [0.2, 0.25) is 10.0 Å². The molecule has 0 fully saturated rings. The van der Waals surface area contributed by atoms with Crippen LogP contribution in [0.4, 0.5) is 0 Å². The fourth-order valence-electron chi connectivity index (χ4n) is 1.04. The lowest BCUT2D eigenvalue weighted by atomic mass is 10.2. The molecule has 0 atom stereocenters. The molecule has 77 valence electrons. The molecule has 1 rings (SSSR count). The van der Waals surface area contributed by atoms with Gasteiger partial charge in [-0.15, -0.1) is 0 Å². The average molecular weight is 214 g/mol. The second kappa shape index (κ2) is 5.09. The highest BCUT2D eigenvalue weighted by molar-refractivity contribution is 7.88. The number of rotatable bonds is 5. The second-order valence-electron chi connectivity index (χ2n) is 2.84. The van der Waals surface area contributed by atoms with Crippen molar-refractivity contribution in [3.05, 3.63) is 35.9 Å². The van der Waals surface area contributed by atoms with Crippen molar-refractivity contribution in [1.29, 1.82) is 0 Å². The third kappa shape index (κ3) is 3.87. The molecule has 0 amide bonds. The van der Waals surface area contributed by atoms with Crippen LogP contribution in [0.1, 0.15) is 5.56 Å². The molecule has 0 unspecified atom stereocenters. The van der Waals surface area contributed by atoms with Crippen molar-refractivity contribution in [2.45, 2.75) is 5.75 Å². The largest absolute Gasteiger partial charge is 0.235 e. The number of hydrogen-bond donors (Lipinski definition) is 1. The molecule has 1 N–H and O–H groups in total. The molecule has 0 aliphatic carbocycles. The monoisotopic (exact) mass is 214 g/mol. The summed E-state index contributed by atoms with van der Waals surface area (Å²) in [6.07, 6.45) is 0. The molecule has 4 nitrogen and oxygen atoms in total. The Morgan fingerprint density at radius 3 is 2.36 bits per heavy atom. The van der Waals surface area contributed by atoms with Crippen molar-refractivity contribution in [2.75, 3.05) is 13.2 Å². The zero-order chi connectivity index (χ0) is 10.4. The molecule has 1 aromatic carbocycles. The van der Waals surface area contributed by atoms with Crippen molar-refractivity contribution in [2.24, 2.45) is 0 Å². The molecule has 1 radical (unpaired) electrons. The number of hydrogen-bond acceptors (Lipinski definition) is 2. The minimum atomic E-state index is -3.35. The average Bonchev–Trinajstić information content (AvgIpc) is 2.16. The lowest BCUT2D eigenvalue weighted by molar-refractivity contribution is 0.199. The summed E-state index contributed by atoms with van der Waals surface area (Å²) in [6, 6.07) is 8.84. The van der Waals surface area contributed by atoms with Gasteiger partial charge in [-0.3, -0.25) is 0 Å². The van der Waals surface area contributed by atoms with Crippen molar-refractivity contribution in [1.82, 2.24) is 4.72 Å². The van der Waals surface area contributed by atoms with E-state index in [1.165, 1.54) is 0 Å². The third-order valence-electron chi connectivity index (χ3n) is 1.62. The Hall–Kier alpha value is -0.910. The summed E-state index contributed by atoms with van der Waals surface area (Å²) in [6.45, 7) is -0.483. The fraction of sp³-hybridized carbons (Fsp3) is 0.333. The summed E-state index contributed by atoms with van der Waals surface area (Å²) in [5, 5.41) is 10.1. The molecular weight excluding hydrogens is 202 g/mol. The van der Waals surface area contributed by atoms with Gasteiger partial charge in [-0.1, -0.05) is 30.3 Å². The number of nitrogens with one attached hydrogen (secondary N) is 1. The molecule has 14 heavy (non-hydrogen) atoms. The topological polar surface area (TPSA) is 66.1 Å². The highest BCUT2D eigenvalue weighted by atomic mass is 32.2. The molecule has 0 aliphatic rings. The van der Waals surface area contributed by atoms with E-state index >= 15 is 0 Å². The summed E-state index contributed by atoms with van der Waals surface area (Å²) in [4.78, 5) is 0. The first-order valence-corrected chi connectivity index (χ1v) is 5.88. The van der Waals surface area contributed by atoms with Crippen LogP contribution in [0.15, 0.2) is 30.3 Å².